The monoisotopic (exact) mass is 287 g/mol. The molecule has 0 bridgehead atoms. The van der Waals surface area contributed by atoms with Crippen LogP contribution in [-0.4, -0.2) is 37.6 Å². The number of hydrogen-bond acceptors (Lipinski definition) is 4. The maximum absolute atomic E-state index is 12.2. The third-order valence-electron chi connectivity index (χ3n) is 2.57. The van der Waals surface area contributed by atoms with Crippen LogP contribution in [0.1, 0.15) is 30.1 Å². The van der Waals surface area contributed by atoms with Gasteiger partial charge in [0.15, 0.2) is 0 Å². The largest absolute Gasteiger partial charge is 0.478 e. The lowest BCUT2D eigenvalue weighted by molar-refractivity contribution is -0.0491. The van der Waals surface area contributed by atoms with Crippen LogP contribution in [0, 0.1) is 0 Å². The number of carbonyl (C=O) groups is 1. The minimum Gasteiger partial charge on any atom is -0.478 e. The van der Waals surface area contributed by atoms with Crippen molar-refractivity contribution in [2.75, 3.05) is 13.7 Å². The first-order valence-corrected chi connectivity index (χ1v) is 7.27. The lowest BCUT2D eigenvalue weighted by atomic mass is 10.2. The van der Waals surface area contributed by atoms with Gasteiger partial charge in [-0.2, -0.15) is 0 Å². The molecule has 1 N–H and O–H groups in total. The van der Waals surface area contributed by atoms with E-state index in [1.165, 1.54) is 31.4 Å². The van der Waals surface area contributed by atoms with Crippen LogP contribution in [0.25, 0.3) is 0 Å². The van der Waals surface area contributed by atoms with Crippen molar-refractivity contribution < 1.29 is 23.2 Å². The van der Waals surface area contributed by atoms with Gasteiger partial charge >= 0.3 is 5.97 Å². The Balaban J connectivity index is 3.01. The molecule has 106 valence electrons. The van der Waals surface area contributed by atoms with Gasteiger partial charge in [-0.1, -0.05) is 17.8 Å². The summed E-state index contributed by atoms with van der Waals surface area (Å²) in [6, 6.07) is 5.03. The van der Waals surface area contributed by atoms with Gasteiger partial charge in [0.25, 0.3) is 10.0 Å². The molecule has 1 aromatic carbocycles. The highest BCUT2D eigenvalue weighted by molar-refractivity contribution is 7.89. The van der Waals surface area contributed by atoms with Crippen LogP contribution in [0.2, 0.25) is 0 Å². The van der Waals surface area contributed by atoms with Crippen LogP contribution in [0.5, 0.6) is 0 Å². The normalized spacial score (nSPS) is 11.7. The lowest BCUT2D eigenvalue weighted by Gasteiger charge is -2.19. The first kappa shape index (κ1) is 15.6. The van der Waals surface area contributed by atoms with Gasteiger partial charge in [0.1, 0.15) is 0 Å². The van der Waals surface area contributed by atoms with Crippen molar-refractivity contribution in [2.45, 2.75) is 24.7 Å². The van der Waals surface area contributed by atoms with Crippen molar-refractivity contribution >= 4 is 16.0 Å². The minimum atomic E-state index is -3.75. The summed E-state index contributed by atoms with van der Waals surface area (Å²) in [5.41, 5.74) is 0.0384. The first-order chi connectivity index (χ1) is 8.93. The highest BCUT2D eigenvalue weighted by Gasteiger charge is 2.24. The van der Waals surface area contributed by atoms with E-state index in [2.05, 4.69) is 0 Å². The van der Waals surface area contributed by atoms with Gasteiger partial charge in [-0.05, 0) is 30.7 Å². The Hall–Kier alpha value is -1.44. The number of sulfonamides is 1. The highest BCUT2D eigenvalue weighted by atomic mass is 32.2. The molecular formula is C12H17NO5S. The molecule has 0 heterocycles. The molecule has 0 unspecified atom stereocenters. The van der Waals surface area contributed by atoms with Crippen LogP contribution < -0.4 is 0 Å². The molecule has 0 aliphatic carbocycles. The Bertz CT molecular complexity index is 524. The van der Waals surface area contributed by atoms with E-state index in [4.69, 9.17) is 9.94 Å². The van der Waals surface area contributed by atoms with Gasteiger partial charge in [-0.15, -0.1) is 0 Å². The maximum Gasteiger partial charge on any atom is 0.335 e. The Labute approximate surface area is 112 Å². The van der Waals surface area contributed by atoms with E-state index in [-0.39, 0.29) is 17.0 Å². The van der Waals surface area contributed by atoms with Gasteiger partial charge in [0.05, 0.1) is 17.6 Å². The van der Waals surface area contributed by atoms with E-state index < -0.39 is 16.0 Å². The molecule has 0 radical (unpaired) electrons. The molecule has 0 aliphatic heterocycles. The van der Waals surface area contributed by atoms with Gasteiger partial charge < -0.3 is 5.11 Å². The zero-order valence-corrected chi connectivity index (χ0v) is 11.7. The second kappa shape index (κ2) is 6.65. The lowest BCUT2D eigenvalue weighted by Crippen LogP contribution is -2.31. The van der Waals surface area contributed by atoms with E-state index in [0.29, 0.717) is 6.42 Å². The third-order valence-corrected chi connectivity index (χ3v) is 4.30. The van der Waals surface area contributed by atoms with E-state index in [1.54, 1.807) is 0 Å². The van der Waals surface area contributed by atoms with Crippen molar-refractivity contribution in [3.8, 4) is 0 Å². The summed E-state index contributed by atoms with van der Waals surface area (Å²) in [5, 5.41) is 8.77. The number of unbranched alkanes of at least 4 members (excludes halogenated alkanes) is 1. The standard InChI is InChI=1S/C12H17NO5S/c1-3-4-9-13(18-2)19(16,17)11-7-5-10(6-8-11)12(14)15/h5-8H,3-4,9H2,1-2H3,(H,14,15). The van der Waals surface area contributed by atoms with Gasteiger partial charge in [-0.25, -0.2) is 13.2 Å². The molecule has 19 heavy (non-hydrogen) atoms. The third kappa shape index (κ3) is 3.76. The molecule has 0 atom stereocenters. The van der Waals surface area contributed by atoms with Crippen molar-refractivity contribution in [1.29, 1.82) is 0 Å². The Kier molecular flexibility index (Phi) is 5.46. The Morgan fingerprint density at radius 3 is 2.32 bits per heavy atom. The number of rotatable bonds is 7. The number of hydrogen-bond donors (Lipinski definition) is 1. The average Bonchev–Trinajstić information content (AvgIpc) is 2.39. The summed E-state index contributed by atoms with van der Waals surface area (Å²) in [5.74, 6) is -1.10. The predicted molar refractivity (Wildman–Crippen MR) is 69.2 cm³/mol. The van der Waals surface area contributed by atoms with E-state index >= 15 is 0 Å². The average molecular weight is 287 g/mol. The molecule has 0 spiro atoms. The fourth-order valence-corrected chi connectivity index (χ4v) is 2.76. The number of carboxylic acids is 1. The molecule has 0 aliphatic rings. The topological polar surface area (TPSA) is 83.9 Å². The van der Waals surface area contributed by atoms with Crippen molar-refractivity contribution in [2.24, 2.45) is 0 Å². The summed E-state index contributed by atoms with van der Waals surface area (Å²) in [6.07, 6.45) is 1.52. The number of hydroxylamine groups is 1. The molecule has 1 rings (SSSR count). The van der Waals surface area contributed by atoms with Crippen LogP contribution in [0.4, 0.5) is 0 Å². The molecule has 0 amide bonds. The first-order valence-electron chi connectivity index (χ1n) is 5.83. The second-order valence-corrected chi connectivity index (χ2v) is 5.73. The number of benzene rings is 1. The van der Waals surface area contributed by atoms with Gasteiger partial charge in [0, 0.05) is 6.54 Å². The summed E-state index contributed by atoms with van der Waals surface area (Å²) in [6.45, 7) is 2.21. The number of nitrogens with zero attached hydrogens (tertiary/aromatic N) is 1. The molecule has 0 saturated heterocycles. The molecule has 0 saturated carbocycles. The predicted octanol–water partition coefficient (Wildman–Crippen LogP) is 1.74. The molecule has 7 heteroatoms. The van der Waals surface area contributed by atoms with Gasteiger partial charge in [0.2, 0.25) is 0 Å². The highest BCUT2D eigenvalue weighted by Crippen LogP contribution is 2.17. The van der Waals surface area contributed by atoms with Crippen LogP contribution in [-0.2, 0) is 14.9 Å². The summed E-state index contributed by atoms with van der Waals surface area (Å²) < 4.78 is 25.3. The minimum absolute atomic E-state index is 0.00968. The SMILES string of the molecule is CCCCN(OC)S(=O)(=O)c1ccc(C(=O)O)cc1. The van der Waals surface area contributed by atoms with Crippen molar-refractivity contribution in [3.05, 3.63) is 29.8 Å². The van der Waals surface area contributed by atoms with Gasteiger partial charge in [-0.3, -0.25) is 4.84 Å². The Morgan fingerprint density at radius 1 is 1.32 bits per heavy atom. The van der Waals surface area contributed by atoms with Crippen molar-refractivity contribution in [3.63, 3.8) is 0 Å². The maximum atomic E-state index is 12.2. The Morgan fingerprint density at radius 2 is 1.89 bits per heavy atom. The molecular weight excluding hydrogens is 270 g/mol. The summed E-state index contributed by atoms with van der Waals surface area (Å²) >= 11 is 0. The second-order valence-electron chi connectivity index (χ2n) is 3.90. The van der Waals surface area contributed by atoms with Crippen LogP contribution >= 0.6 is 0 Å². The number of carboxylic acid groups (broad SMARTS) is 1. The van der Waals surface area contributed by atoms with E-state index in [0.717, 1.165) is 10.9 Å². The van der Waals surface area contributed by atoms with E-state index in [9.17, 15) is 13.2 Å². The fourth-order valence-electron chi connectivity index (χ4n) is 1.48. The van der Waals surface area contributed by atoms with Crippen LogP contribution in [0.15, 0.2) is 29.2 Å². The number of aromatic carboxylic acids is 1. The fraction of sp³-hybridized carbons (Fsp3) is 0.417. The summed E-state index contributed by atoms with van der Waals surface area (Å²) in [4.78, 5) is 15.6. The molecule has 1 aromatic rings. The van der Waals surface area contributed by atoms with Crippen LogP contribution in [0.3, 0.4) is 0 Å². The molecule has 0 fully saturated rings. The van der Waals surface area contributed by atoms with Crippen molar-refractivity contribution in [1.82, 2.24) is 4.47 Å². The zero-order valence-electron chi connectivity index (χ0n) is 10.9. The summed E-state index contributed by atoms with van der Waals surface area (Å²) in [7, 11) is -2.46. The quantitative estimate of drug-likeness (QED) is 0.772. The zero-order chi connectivity index (χ0) is 14.5. The smallest absolute Gasteiger partial charge is 0.335 e. The molecule has 6 nitrogen and oxygen atoms in total. The van der Waals surface area contributed by atoms with E-state index in [1.807, 2.05) is 6.92 Å². The molecule has 0 aromatic heterocycles.